The van der Waals surface area contributed by atoms with Crippen LogP contribution in [0.3, 0.4) is 0 Å². The molecule has 1 unspecified atom stereocenters. The Morgan fingerprint density at radius 3 is 2.94 bits per heavy atom. The number of rotatable bonds is 4. The van der Waals surface area contributed by atoms with Crippen LogP contribution in [0.2, 0.25) is 0 Å². The lowest BCUT2D eigenvalue weighted by molar-refractivity contribution is 0.399. The van der Waals surface area contributed by atoms with Crippen LogP contribution in [-0.2, 0) is 0 Å². The van der Waals surface area contributed by atoms with E-state index in [4.69, 9.17) is 0 Å². The quantitative estimate of drug-likeness (QED) is 0.821. The maximum absolute atomic E-state index is 4.39. The van der Waals surface area contributed by atoms with Crippen molar-refractivity contribution >= 4 is 11.8 Å². The summed E-state index contributed by atoms with van der Waals surface area (Å²) in [5.41, 5.74) is 0.982. The van der Waals surface area contributed by atoms with Crippen molar-refractivity contribution in [3.05, 3.63) is 11.8 Å². The van der Waals surface area contributed by atoms with E-state index in [9.17, 15) is 0 Å². The van der Waals surface area contributed by atoms with Crippen LogP contribution in [-0.4, -0.2) is 48.6 Å². The van der Waals surface area contributed by atoms with Gasteiger partial charge in [-0.2, -0.15) is 4.98 Å². The number of aromatic nitrogens is 2. The average Bonchev–Trinajstić information content (AvgIpc) is 2.72. The Hall–Kier alpha value is -1.36. The highest BCUT2D eigenvalue weighted by atomic mass is 15.1. The molecular formula is C12H21N5. The summed E-state index contributed by atoms with van der Waals surface area (Å²) in [6.07, 6.45) is 1.27. The molecular weight excluding hydrogens is 214 g/mol. The molecule has 1 saturated heterocycles. The zero-order valence-corrected chi connectivity index (χ0v) is 10.8. The summed E-state index contributed by atoms with van der Waals surface area (Å²) in [5, 5.41) is 6.38. The minimum atomic E-state index is 0.677. The lowest BCUT2D eigenvalue weighted by Gasteiger charge is -2.13. The lowest BCUT2D eigenvalue weighted by atomic mass is 10.1. The standard InChI is InChI=1S/C12H21N5/c1-9-6-11(16-12(13-2)15-9)14-7-10-4-5-17(3)8-10/h6,10H,4-5,7-8H2,1-3H3,(H2,13,14,15,16). The maximum Gasteiger partial charge on any atom is 0.224 e. The van der Waals surface area contributed by atoms with Gasteiger partial charge in [-0.1, -0.05) is 0 Å². The van der Waals surface area contributed by atoms with E-state index in [2.05, 4.69) is 32.5 Å². The Morgan fingerprint density at radius 1 is 1.47 bits per heavy atom. The van der Waals surface area contributed by atoms with E-state index < -0.39 is 0 Å². The number of hydrogen-bond acceptors (Lipinski definition) is 5. The monoisotopic (exact) mass is 235 g/mol. The van der Waals surface area contributed by atoms with Gasteiger partial charge in [0.15, 0.2) is 0 Å². The first-order chi connectivity index (χ1) is 8.17. The summed E-state index contributed by atoms with van der Waals surface area (Å²) < 4.78 is 0. The molecule has 0 saturated carbocycles. The SMILES string of the molecule is CNc1nc(C)cc(NCC2CCN(C)C2)n1. The van der Waals surface area contributed by atoms with Crippen LogP contribution in [0.5, 0.6) is 0 Å². The molecule has 1 aromatic rings. The van der Waals surface area contributed by atoms with E-state index in [0.29, 0.717) is 5.95 Å². The van der Waals surface area contributed by atoms with Crippen molar-refractivity contribution in [1.29, 1.82) is 0 Å². The van der Waals surface area contributed by atoms with Crippen molar-refractivity contribution in [2.75, 3.05) is 44.4 Å². The minimum Gasteiger partial charge on any atom is -0.370 e. The number of nitrogens with zero attached hydrogens (tertiary/aromatic N) is 3. The first-order valence-electron chi connectivity index (χ1n) is 6.13. The lowest BCUT2D eigenvalue weighted by Crippen LogP contribution is -2.19. The van der Waals surface area contributed by atoms with Crippen LogP contribution in [0.1, 0.15) is 12.1 Å². The van der Waals surface area contributed by atoms with Gasteiger partial charge < -0.3 is 15.5 Å². The van der Waals surface area contributed by atoms with Crippen molar-refractivity contribution in [3.8, 4) is 0 Å². The second-order valence-electron chi connectivity index (χ2n) is 4.77. The van der Waals surface area contributed by atoms with Gasteiger partial charge in [-0.15, -0.1) is 0 Å². The van der Waals surface area contributed by atoms with E-state index in [0.717, 1.165) is 24.0 Å². The van der Waals surface area contributed by atoms with Crippen LogP contribution < -0.4 is 10.6 Å². The van der Waals surface area contributed by atoms with Gasteiger partial charge in [0.05, 0.1) is 0 Å². The number of likely N-dealkylation sites (tertiary alicyclic amines) is 1. The molecule has 0 aromatic carbocycles. The summed E-state index contributed by atoms with van der Waals surface area (Å²) in [6.45, 7) is 5.36. The molecule has 0 bridgehead atoms. The smallest absolute Gasteiger partial charge is 0.224 e. The second kappa shape index (κ2) is 5.31. The van der Waals surface area contributed by atoms with Gasteiger partial charge in [-0.05, 0) is 32.9 Å². The third-order valence-corrected chi connectivity index (χ3v) is 3.14. The Morgan fingerprint density at radius 2 is 2.29 bits per heavy atom. The van der Waals surface area contributed by atoms with Crippen LogP contribution >= 0.6 is 0 Å². The molecule has 0 aliphatic carbocycles. The molecule has 94 valence electrons. The van der Waals surface area contributed by atoms with Crippen molar-refractivity contribution in [2.24, 2.45) is 5.92 Å². The molecule has 17 heavy (non-hydrogen) atoms. The molecule has 0 spiro atoms. The number of aryl methyl sites for hydroxylation is 1. The van der Waals surface area contributed by atoms with Gasteiger partial charge in [-0.3, -0.25) is 0 Å². The van der Waals surface area contributed by atoms with Gasteiger partial charge >= 0.3 is 0 Å². The molecule has 2 N–H and O–H groups in total. The molecule has 1 fully saturated rings. The molecule has 1 aromatic heterocycles. The number of anilines is 2. The van der Waals surface area contributed by atoms with Crippen molar-refractivity contribution in [1.82, 2.24) is 14.9 Å². The van der Waals surface area contributed by atoms with Crippen molar-refractivity contribution in [3.63, 3.8) is 0 Å². The molecule has 2 heterocycles. The molecule has 2 rings (SSSR count). The molecule has 0 amide bonds. The van der Waals surface area contributed by atoms with E-state index in [1.165, 1.54) is 19.5 Å². The Balaban J connectivity index is 1.92. The van der Waals surface area contributed by atoms with Gasteiger partial charge in [-0.25, -0.2) is 4.98 Å². The summed E-state index contributed by atoms with van der Waals surface area (Å²) >= 11 is 0. The largest absolute Gasteiger partial charge is 0.370 e. The zero-order chi connectivity index (χ0) is 12.3. The second-order valence-corrected chi connectivity index (χ2v) is 4.77. The Bertz CT molecular complexity index is 379. The molecule has 5 nitrogen and oxygen atoms in total. The summed E-state index contributed by atoms with van der Waals surface area (Å²) in [6, 6.07) is 1.99. The fraction of sp³-hybridized carbons (Fsp3) is 0.667. The van der Waals surface area contributed by atoms with Gasteiger partial charge in [0.25, 0.3) is 0 Å². The zero-order valence-electron chi connectivity index (χ0n) is 10.8. The average molecular weight is 235 g/mol. The Kier molecular flexibility index (Phi) is 3.78. The van der Waals surface area contributed by atoms with E-state index >= 15 is 0 Å². The maximum atomic E-state index is 4.39. The molecule has 5 heteroatoms. The highest BCUT2D eigenvalue weighted by Crippen LogP contribution is 2.16. The highest BCUT2D eigenvalue weighted by Gasteiger charge is 2.19. The summed E-state index contributed by atoms with van der Waals surface area (Å²) in [5.74, 6) is 2.32. The van der Waals surface area contributed by atoms with Crippen molar-refractivity contribution in [2.45, 2.75) is 13.3 Å². The first-order valence-corrected chi connectivity index (χ1v) is 6.13. The topological polar surface area (TPSA) is 53.1 Å². The third kappa shape index (κ3) is 3.30. The predicted octanol–water partition coefficient (Wildman–Crippen LogP) is 1.19. The van der Waals surface area contributed by atoms with Crippen LogP contribution in [0.15, 0.2) is 6.07 Å². The fourth-order valence-corrected chi connectivity index (χ4v) is 2.21. The number of hydrogen-bond donors (Lipinski definition) is 2. The van der Waals surface area contributed by atoms with Gasteiger partial charge in [0.2, 0.25) is 5.95 Å². The first kappa shape index (κ1) is 12.1. The van der Waals surface area contributed by atoms with Crippen LogP contribution in [0.4, 0.5) is 11.8 Å². The van der Waals surface area contributed by atoms with Gasteiger partial charge in [0, 0.05) is 31.9 Å². The Labute approximate surface area is 103 Å². The fourth-order valence-electron chi connectivity index (χ4n) is 2.21. The summed E-state index contributed by atoms with van der Waals surface area (Å²) in [4.78, 5) is 11.0. The number of nitrogens with one attached hydrogen (secondary N) is 2. The molecule has 1 aliphatic heterocycles. The van der Waals surface area contributed by atoms with Crippen molar-refractivity contribution < 1.29 is 0 Å². The van der Waals surface area contributed by atoms with Gasteiger partial charge in [0.1, 0.15) is 5.82 Å². The van der Waals surface area contributed by atoms with Crippen LogP contribution in [0.25, 0.3) is 0 Å². The predicted molar refractivity (Wildman–Crippen MR) is 70.4 cm³/mol. The normalized spacial score (nSPS) is 20.5. The van der Waals surface area contributed by atoms with E-state index in [1.807, 2.05) is 20.0 Å². The molecule has 1 aliphatic rings. The van der Waals surface area contributed by atoms with E-state index in [1.54, 1.807) is 0 Å². The van der Waals surface area contributed by atoms with Crippen LogP contribution in [0, 0.1) is 12.8 Å². The minimum absolute atomic E-state index is 0.677. The highest BCUT2D eigenvalue weighted by molar-refractivity contribution is 5.41. The third-order valence-electron chi connectivity index (χ3n) is 3.14. The molecule has 0 radical (unpaired) electrons. The molecule has 1 atom stereocenters. The van der Waals surface area contributed by atoms with E-state index in [-0.39, 0.29) is 0 Å². The summed E-state index contributed by atoms with van der Waals surface area (Å²) in [7, 11) is 4.01.